The number of pyridine rings is 1. The van der Waals surface area contributed by atoms with Crippen LogP contribution >= 0.6 is 15.9 Å². The van der Waals surface area contributed by atoms with E-state index in [-0.39, 0.29) is 16.9 Å². The number of amides is 2. The molecule has 31 heavy (non-hydrogen) atoms. The molecule has 0 atom stereocenters. The summed E-state index contributed by atoms with van der Waals surface area (Å²) in [6.07, 6.45) is 1.80. The Morgan fingerprint density at radius 1 is 1.03 bits per heavy atom. The Kier molecular flexibility index (Phi) is 5.09. The topological polar surface area (TPSA) is 66.1 Å². The van der Waals surface area contributed by atoms with E-state index in [4.69, 9.17) is 0 Å². The first kappa shape index (κ1) is 21.7. The highest BCUT2D eigenvalue weighted by Gasteiger charge is 2.52. The second-order valence-corrected chi connectivity index (χ2v) is 15.4. The molecule has 3 heterocycles. The molecule has 3 aromatic rings. The number of nitrogens with one attached hydrogen (secondary N) is 1. The largest absolute Gasteiger partial charge is 0.353 e. The zero-order valence-electron chi connectivity index (χ0n) is 18.6. The normalized spacial score (nSPS) is 15.5. The Morgan fingerprint density at radius 2 is 1.71 bits per heavy atom. The van der Waals surface area contributed by atoms with Crippen molar-refractivity contribution in [1.29, 1.82) is 0 Å². The van der Waals surface area contributed by atoms with Gasteiger partial charge in [-0.05, 0) is 45.6 Å². The Morgan fingerprint density at radius 3 is 2.32 bits per heavy atom. The fourth-order valence-electron chi connectivity index (χ4n) is 3.77. The highest BCUT2D eigenvalue weighted by molar-refractivity contribution is 9.12. The lowest BCUT2D eigenvalue weighted by Gasteiger charge is -2.42. The van der Waals surface area contributed by atoms with Gasteiger partial charge in [-0.1, -0.05) is 58.1 Å². The summed E-state index contributed by atoms with van der Waals surface area (Å²) in [7, 11) is -2.43. The number of carbonyl (C=O) groups excluding carboxylic acids is 2. The van der Waals surface area contributed by atoms with Gasteiger partial charge in [-0.15, -0.1) is 0 Å². The SMILES string of the molecule is Cc1ccc(-c2[nH]c3ccccc3c2C2=C(Br)C(=O)N([Si](C)(C)C(C)(C)C)C2=O)nc1. The second-order valence-electron chi connectivity index (χ2n) is 9.59. The van der Waals surface area contributed by atoms with E-state index in [2.05, 4.69) is 59.8 Å². The van der Waals surface area contributed by atoms with Crippen LogP contribution in [0.3, 0.4) is 0 Å². The van der Waals surface area contributed by atoms with E-state index in [1.54, 1.807) is 6.20 Å². The van der Waals surface area contributed by atoms with Crippen LogP contribution < -0.4 is 0 Å². The van der Waals surface area contributed by atoms with Crippen LogP contribution in [0.5, 0.6) is 0 Å². The van der Waals surface area contributed by atoms with E-state index >= 15 is 0 Å². The van der Waals surface area contributed by atoms with Crippen molar-refractivity contribution in [1.82, 2.24) is 14.5 Å². The Balaban J connectivity index is 1.97. The number of rotatable bonds is 3. The van der Waals surface area contributed by atoms with E-state index < -0.39 is 8.24 Å². The highest BCUT2D eigenvalue weighted by Crippen LogP contribution is 2.47. The Labute approximate surface area is 191 Å². The monoisotopic (exact) mass is 495 g/mol. The first-order chi connectivity index (χ1) is 14.4. The lowest BCUT2D eigenvalue weighted by atomic mass is 10.0. The van der Waals surface area contributed by atoms with E-state index in [1.807, 2.05) is 43.3 Å². The minimum Gasteiger partial charge on any atom is -0.353 e. The van der Waals surface area contributed by atoms with E-state index in [1.165, 1.54) is 4.57 Å². The third kappa shape index (κ3) is 3.31. The molecule has 0 fully saturated rings. The average Bonchev–Trinajstić information content (AvgIpc) is 3.16. The van der Waals surface area contributed by atoms with Crippen LogP contribution in [0.2, 0.25) is 18.1 Å². The zero-order chi connectivity index (χ0) is 22.7. The minimum atomic E-state index is -2.43. The summed E-state index contributed by atoms with van der Waals surface area (Å²) in [6, 6.07) is 11.8. The molecule has 1 N–H and O–H groups in total. The molecule has 0 bridgehead atoms. The molecule has 4 rings (SSSR count). The molecule has 0 spiro atoms. The summed E-state index contributed by atoms with van der Waals surface area (Å²) in [5, 5.41) is 0.729. The molecule has 1 aromatic carbocycles. The predicted octanol–water partition coefficient (Wildman–Crippen LogP) is 6.02. The summed E-state index contributed by atoms with van der Waals surface area (Å²) in [4.78, 5) is 35.2. The molecule has 5 nitrogen and oxygen atoms in total. The summed E-state index contributed by atoms with van der Waals surface area (Å²) >= 11 is 3.49. The predicted molar refractivity (Wildman–Crippen MR) is 131 cm³/mol. The van der Waals surface area contributed by atoms with Gasteiger partial charge in [0.15, 0.2) is 8.24 Å². The van der Waals surface area contributed by atoms with Crippen molar-refractivity contribution >= 4 is 52.5 Å². The number of aryl methyl sites for hydroxylation is 1. The lowest BCUT2D eigenvalue weighted by molar-refractivity contribution is -0.131. The molecule has 160 valence electrons. The standard InChI is InChI=1S/C24H26BrN3O2Si/c1-14-11-12-17(26-13-14)21-18(15-9-7-8-10-16(15)27-21)19-20(25)23(30)28(22(19)29)31(5,6)24(2,3)4/h7-13,27H,1-6H3. The number of para-hydroxylation sites is 1. The molecular formula is C24H26BrN3O2Si. The first-order valence-corrected chi connectivity index (χ1v) is 14.0. The number of imide groups is 1. The number of carbonyl (C=O) groups is 2. The van der Waals surface area contributed by atoms with Crippen molar-refractivity contribution in [3.05, 3.63) is 58.2 Å². The summed E-state index contributed by atoms with van der Waals surface area (Å²) in [6.45, 7) is 12.4. The number of hydrogen-bond acceptors (Lipinski definition) is 3. The van der Waals surface area contributed by atoms with E-state index in [0.29, 0.717) is 10.1 Å². The summed E-state index contributed by atoms with van der Waals surface area (Å²) in [5.41, 5.74) is 4.55. The second kappa shape index (κ2) is 7.27. The number of hydrogen-bond donors (Lipinski definition) is 1. The van der Waals surface area contributed by atoms with E-state index in [9.17, 15) is 9.59 Å². The number of aromatic amines is 1. The van der Waals surface area contributed by atoms with Crippen LogP contribution in [-0.4, -0.2) is 34.6 Å². The quantitative estimate of drug-likeness (QED) is 0.356. The van der Waals surface area contributed by atoms with Crippen LogP contribution in [-0.2, 0) is 9.59 Å². The van der Waals surface area contributed by atoms with Crippen LogP contribution in [0, 0.1) is 6.92 Å². The van der Waals surface area contributed by atoms with Gasteiger partial charge < -0.3 is 9.55 Å². The fourth-order valence-corrected chi connectivity index (χ4v) is 6.39. The van der Waals surface area contributed by atoms with Crippen LogP contribution in [0.1, 0.15) is 31.9 Å². The Bertz CT molecular complexity index is 1250. The van der Waals surface area contributed by atoms with Crippen molar-refractivity contribution < 1.29 is 9.59 Å². The fraction of sp³-hybridized carbons (Fsp3) is 0.292. The molecule has 0 saturated carbocycles. The average molecular weight is 496 g/mol. The molecule has 0 unspecified atom stereocenters. The summed E-state index contributed by atoms with van der Waals surface area (Å²) < 4.78 is 1.85. The van der Waals surface area contributed by atoms with E-state index in [0.717, 1.165) is 33.4 Å². The number of halogens is 1. The first-order valence-electron chi connectivity index (χ1n) is 10.3. The molecule has 0 saturated heterocycles. The number of fused-ring (bicyclic) bond motifs is 1. The minimum absolute atomic E-state index is 0.164. The van der Waals surface area contributed by atoms with Gasteiger partial charge in [-0.2, -0.15) is 0 Å². The molecule has 1 aliphatic rings. The van der Waals surface area contributed by atoms with Gasteiger partial charge in [0.1, 0.15) is 0 Å². The third-order valence-electron chi connectivity index (χ3n) is 6.55. The number of H-pyrrole nitrogens is 1. The molecule has 2 amide bonds. The van der Waals surface area contributed by atoms with Crippen molar-refractivity contribution in [2.24, 2.45) is 0 Å². The third-order valence-corrected chi connectivity index (χ3v) is 12.5. The maximum absolute atomic E-state index is 13.8. The van der Waals surface area contributed by atoms with Crippen LogP contribution in [0.15, 0.2) is 47.1 Å². The van der Waals surface area contributed by atoms with Gasteiger partial charge in [0.05, 0.1) is 21.4 Å². The highest BCUT2D eigenvalue weighted by atomic mass is 79.9. The number of aromatic nitrogens is 2. The van der Waals surface area contributed by atoms with Crippen molar-refractivity contribution in [2.45, 2.75) is 45.8 Å². The number of nitrogens with zero attached hydrogens (tertiary/aromatic N) is 2. The van der Waals surface area contributed by atoms with Gasteiger partial charge >= 0.3 is 0 Å². The van der Waals surface area contributed by atoms with Crippen LogP contribution in [0.4, 0.5) is 0 Å². The van der Waals surface area contributed by atoms with Gasteiger partial charge in [0.2, 0.25) is 0 Å². The molecular weight excluding hydrogens is 470 g/mol. The smallest absolute Gasteiger partial charge is 0.260 e. The Hall–Kier alpha value is -2.51. The molecule has 0 aliphatic carbocycles. The van der Waals surface area contributed by atoms with Gasteiger partial charge in [-0.3, -0.25) is 14.6 Å². The van der Waals surface area contributed by atoms with Crippen molar-refractivity contribution in [2.75, 3.05) is 0 Å². The molecule has 2 aromatic heterocycles. The molecule has 1 aliphatic heterocycles. The van der Waals surface area contributed by atoms with Gasteiger partial charge in [0, 0.05) is 22.7 Å². The van der Waals surface area contributed by atoms with Gasteiger partial charge in [0.25, 0.3) is 11.8 Å². The maximum Gasteiger partial charge on any atom is 0.260 e. The number of benzene rings is 1. The lowest BCUT2D eigenvalue weighted by Crippen LogP contribution is -2.57. The zero-order valence-corrected chi connectivity index (χ0v) is 21.2. The molecule has 0 radical (unpaired) electrons. The molecule has 7 heteroatoms. The van der Waals surface area contributed by atoms with Crippen LogP contribution in [0.25, 0.3) is 27.9 Å². The van der Waals surface area contributed by atoms with Crippen molar-refractivity contribution in [3.63, 3.8) is 0 Å². The van der Waals surface area contributed by atoms with Crippen molar-refractivity contribution in [3.8, 4) is 11.4 Å². The van der Waals surface area contributed by atoms with Gasteiger partial charge in [-0.25, -0.2) is 0 Å². The maximum atomic E-state index is 13.8. The summed E-state index contributed by atoms with van der Waals surface area (Å²) in [5.74, 6) is -0.485.